The van der Waals surface area contributed by atoms with Gasteiger partial charge in [0.1, 0.15) is 5.82 Å². The van der Waals surface area contributed by atoms with Gasteiger partial charge >= 0.3 is 5.63 Å². The van der Waals surface area contributed by atoms with Gasteiger partial charge in [0.05, 0.1) is 11.8 Å². The number of nitrogens with zero attached hydrogens (tertiary/aromatic N) is 1. The molecule has 0 fully saturated rings. The van der Waals surface area contributed by atoms with Crippen molar-refractivity contribution in [1.82, 2.24) is 4.98 Å². The zero-order valence-corrected chi connectivity index (χ0v) is 11.3. The van der Waals surface area contributed by atoms with Crippen molar-refractivity contribution in [3.63, 3.8) is 0 Å². The highest BCUT2D eigenvalue weighted by molar-refractivity contribution is 5.63. The monoisotopic (exact) mass is 281 g/mol. The second kappa shape index (κ2) is 5.32. The van der Waals surface area contributed by atoms with E-state index in [1.807, 2.05) is 25.1 Å². The third-order valence-electron chi connectivity index (χ3n) is 3.09. The Labute approximate surface area is 120 Å². The van der Waals surface area contributed by atoms with Crippen LogP contribution in [0.1, 0.15) is 5.56 Å². The molecule has 104 valence electrons. The van der Waals surface area contributed by atoms with Gasteiger partial charge in [-0.1, -0.05) is 29.8 Å². The van der Waals surface area contributed by atoms with Gasteiger partial charge in [0.2, 0.25) is 5.89 Å². The average molecular weight is 281 g/mol. The minimum absolute atomic E-state index is 0.185. The van der Waals surface area contributed by atoms with Gasteiger partial charge in [0.25, 0.3) is 0 Å². The van der Waals surface area contributed by atoms with E-state index in [1.165, 1.54) is 12.1 Å². The second-order valence-electron chi connectivity index (χ2n) is 4.72. The van der Waals surface area contributed by atoms with Crippen LogP contribution in [0, 0.1) is 12.7 Å². The molecule has 0 aliphatic heterocycles. The summed E-state index contributed by atoms with van der Waals surface area (Å²) < 4.78 is 19.0. The highest BCUT2D eigenvalue weighted by Gasteiger charge is 2.11. The fourth-order valence-corrected chi connectivity index (χ4v) is 2.11. The SMILES string of the molecule is Cc1cccc(-c2nc(-c3ccccc3F)cc(=O)o2)c1. The van der Waals surface area contributed by atoms with Gasteiger partial charge in [-0.2, -0.15) is 0 Å². The standard InChI is InChI=1S/C17H12FNO2/c1-11-5-4-6-12(9-11)17-19-15(10-16(20)21-17)13-7-2-3-8-14(13)18/h2-10H,1H3. The predicted octanol–water partition coefficient (Wildman–Crippen LogP) is 3.82. The van der Waals surface area contributed by atoms with Crippen LogP contribution in [0.5, 0.6) is 0 Å². The summed E-state index contributed by atoms with van der Waals surface area (Å²) >= 11 is 0. The molecule has 21 heavy (non-hydrogen) atoms. The maximum Gasteiger partial charge on any atom is 0.339 e. The zero-order valence-electron chi connectivity index (χ0n) is 11.3. The van der Waals surface area contributed by atoms with Crippen LogP contribution in [-0.2, 0) is 0 Å². The Morgan fingerprint density at radius 2 is 1.86 bits per heavy atom. The largest absolute Gasteiger partial charge is 0.404 e. The summed E-state index contributed by atoms with van der Waals surface area (Å²) in [4.78, 5) is 16.0. The minimum Gasteiger partial charge on any atom is -0.404 e. The maximum atomic E-state index is 13.8. The van der Waals surface area contributed by atoms with Crippen molar-refractivity contribution in [3.8, 4) is 22.7 Å². The predicted molar refractivity (Wildman–Crippen MR) is 78.3 cm³/mol. The highest BCUT2D eigenvalue weighted by atomic mass is 19.1. The summed E-state index contributed by atoms with van der Waals surface area (Å²) in [6.45, 7) is 1.93. The molecule has 1 aromatic heterocycles. The molecule has 0 unspecified atom stereocenters. The Bertz CT molecular complexity index is 855. The van der Waals surface area contributed by atoms with E-state index in [-0.39, 0.29) is 17.1 Å². The van der Waals surface area contributed by atoms with Crippen molar-refractivity contribution in [2.24, 2.45) is 0 Å². The first-order valence-corrected chi connectivity index (χ1v) is 6.47. The third kappa shape index (κ3) is 2.74. The summed E-state index contributed by atoms with van der Waals surface area (Å²) in [6.07, 6.45) is 0. The molecule has 2 aromatic carbocycles. The van der Waals surface area contributed by atoms with Gasteiger partial charge in [0.15, 0.2) is 0 Å². The molecule has 0 aliphatic carbocycles. The molecule has 3 nitrogen and oxygen atoms in total. The van der Waals surface area contributed by atoms with Crippen LogP contribution in [0.4, 0.5) is 4.39 Å². The van der Waals surface area contributed by atoms with Crippen molar-refractivity contribution >= 4 is 0 Å². The highest BCUT2D eigenvalue weighted by Crippen LogP contribution is 2.23. The van der Waals surface area contributed by atoms with Crippen molar-refractivity contribution < 1.29 is 8.81 Å². The minimum atomic E-state index is -0.556. The first-order chi connectivity index (χ1) is 10.1. The molecule has 0 spiro atoms. The maximum absolute atomic E-state index is 13.8. The van der Waals surface area contributed by atoms with Crippen LogP contribution in [0.3, 0.4) is 0 Å². The molecular weight excluding hydrogens is 269 g/mol. The number of aromatic nitrogens is 1. The normalized spacial score (nSPS) is 10.6. The van der Waals surface area contributed by atoms with E-state index in [0.29, 0.717) is 5.56 Å². The van der Waals surface area contributed by atoms with Crippen LogP contribution >= 0.6 is 0 Å². The molecule has 0 saturated heterocycles. The summed E-state index contributed by atoms with van der Waals surface area (Å²) in [5, 5.41) is 0. The fourth-order valence-electron chi connectivity index (χ4n) is 2.11. The van der Waals surface area contributed by atoms with Crippen molar-refractivity contribution in [1.29, 1.82) is 0 Å². The molecule has 3 aromatic rings. The molecule has 0 N–H and O–H groups in total. The van der Waals surface area contributed by atoms with Gasteiger partial charge in [-0.25, -0.2) is 14.2 Å². The smallest absolute Gasteiger partial charge is 0.339 e. The number of hydrogen-bond donors (Lipinski definition) is 0. The molecule has 1 heterocycles. The summed E-state index contributed by atoms with van der Waals surface area (Å²) in [5.41, 5.74) is 1.69. The Kier molecular flexibility index (Phi) is 3.36. The van der Waals surface area contributed by atoms with E-state index >= 15 is 0 Å². The van der Waals surface area contributed by atoms with E-state index in [1.54, 1.807) is 24.3 Å². The Hall–Kier alpha value is -2.75. The van der Waals surface area contributed by atoms with E-state index in [9.17, 15) is 9.18 Å². The molecule has 0 amide bonds. The first-order valence-electron chi connectivity index (χ1n) is 6.47. The number of rotatable bonds is 2. The van der Waals surface area contributed by atoms with Gasteiger partial charge in [-0.05, 0) is 31.2 Å². The van der Waals surface area contributed by atoms with E-state index in [4.69, 9.17) is 4.42 Å². The van der Waals surface area contributed by atoms with Crippen molar-refractivity contribution in [2.75, 3.05) is 0 Å². The van der Waals surface area contributed by atoms with Gasteiger partial charge in [-0.15, -0.1) is 0 Å². The molecule has 4 heteroatoms. The molecule has 0 radical (unpaired) electrons. The first kappa shape index (κ1) is 13.2. The lowest BCUT2D eigenvalue weighted by Gasteiger charge is -2.05. The van der Waals surface area contributed by atoms with Gasteiger partial charge < -0.3 is 4.42 Å². The summed E-state index contributed by atoms with van der Waals surface area (Å²) in [6, 6.07) is 14.8. The van der Waals surface area contributed by atoms with Gasteiger partial charge in [0, 0.05) is 11.1 Å². The molecule has 0 atom stereocenters. The number of aryl methyl sites for hydroxylation is 1. The molecular formula is C17H12FNO2. The lowest BCUT2D eigenvalue weighted by atomic mass is 10.1. The quantitative estimate of drug-likeness (QED) is 0.717. The third-order valence-corrected chi connectivity index (χ3v) is 3.09. The van der Waals surface area contributed by atoms with Crippen LogP contribution in [0.2, 0.25) is 0 Å². The van der Waals surface area contributed by atoms with Crippen LogP contribution in [0.15, 0.2) is 63.8 Å². The molecule has 0 bridgehead atoms. The van der Waals surface area contributed by atoms with Crippen molar-refractivity contribution in [3.05, 3.63) is 76.4 Å². The fraction of sp³-hybridized carbons (Fsp3) is 0.0588. The molecule has 0 aliphatic rings. The second-order valence-corrected chi connectivity index (χ2v) is 4.72. The lowest BCUT2D eigenvalue weighted by molar-refractivity contribution is 0.508. The zero-order chi connectivity index (χ0) is 14.8. The topological polar surface area (TPSA) is 43.1 Å². The van der Waals surface area contributed by atoms with Crippen molar-refractivity contribution in [2.45, 2.75) is 6.92 Å². The van der Waals surface area contributed by atoms with E-state index in [0.717, 1.165) is 5.56 Å². The van der Waals surface area contributed by atoms with Gasteiger partial charge in [-0.3, -0.25) is 0 Å². The van der Waals surface area contributed by atoms with Crippen LogP contribution in [0.25, 0.3) is 22.7 Å². The van der Waals surface area contributed by atoms with E-state index < -0.39 is 11.4 Å². The number of hydrogen-bond acceptors (Lipinski definition) is 3. The lowest BCUT2D eigenvalue weighted by Crippen LogP contribution is -2.02. The molecule has 3 rings (SSSR count). The number of halogens is 1. The Balaban J connectivity index is 2.18. The van der Waals surface area contributed by atoms with Crippen LogP contribution < -0.4 is 5.63 Å². The molecule has 0 saturated carbocycles. The van der Waals surface area contributed by atoms with Crippen LogP contribution in [-0.4, -0.2) is 4.98 Å². The Morgan fingerprint density at radius 3 is 2.62 bits per heavy atom. The van der Waals surface area contributed by atoms with E-state index in [2.05, 4.69) is 4.98 Å². The summed E-state index contributed by atoms with van der Waals surface area (Å²) in [5.74, 6) is -0.241. The number of benzene rings is 2. The Morgan fingerprint density at radius 1 is 1.05 bits per heavy atom. The summed E-state index contributed by atoms with van der Waals surface area (Å²) in [7, 11) is 0. The average Bonchev–Trinajstić information content (AvgIpc) is 2.47.